The van der Waals surface area contributed by atoms with Crippen LogP contribution in [0.15, 0.2) is 103 Å². The summed E-state index contributed by atoms with van der Waals surface area (Å²) < 4.78 is 26.3. The molecule has 39 heavy (non-hydrogen) atoms. The lowest BCUT2D eigenvalue weighted by Crippen LogP contribution is -2.29. The van der Waals surface area contributed by atoms with E-state index in [1.165, 1.54) is 4.31 Å². The average molecular weight is 562 g/mol. The summed E-state index contributed by atoms with van der Waals surface area (Å²) in [6.07, 6.45) is 1.13. The normalized spacial score (nSPS) is 11.9. The predicted molar refractivity (Wildman–Crippen MR) is 156 cm³/mol. The maximum absolute atomic E-state index is 13.0. The zero-order valence-electron chi connectivity index (χ0n) is 21.5. The number of benzene rings is 4. The van der Waals surface area contributed by atoms with Gasteiger partial charge in [0.25, 0.3) is 11.8 Å². The Morgan fingerprint density at radius 2 is 1.44 bits per heavy atom. The van der Waals surface area contributed by atoms with E-state index in [4.69, 9.17) is 11.6 Å². The highest BCUT2D eigenvalue weighted by Gasteiger charge is 2.20. The van der Waals surface area contributed by atoms with Crippen molar-refractivity contribution in [1.29, 1.82) is 0 Å². The Morgan fingerprint density at radius 1 is 0.821 bits per heavy atom. The predicted octanol–water partition coefficient (Wildman–Crippen LogP) is 6.05. The molecular formula is C30H28ClN3O4S. The number of nitrogens with zero attached hydrogens (tertiary/aromatic N) is 1. The second-order valence-electron chi connectivity index (χ2n) is 9.05. The van der Waals surface area contributed by atoms with Gasteiger partial charge in [0.05, 0.1) is 35.8 Å². The Balaban J connectivity index is 1.49. The molecule has 0 aliphatic heterocycles. The van der Waals surface area contributed by atoms with Gasteiger partial charge in [-0.15, -0.1) is 0 Å². The Morgan fingerprint density at radius 3 is 2.08 bits per heavy atom. The summed E-state index contributed by atoms with van der Waals surface area (Å²) in [4.78, 5) is 26.1. The molecule has 4 rings (SSSR count). The lowest BCUT2D eigenvalue weighted by atomic mass is 10.1. The van der Waals surface area contributed by atoms with Crippen LogP contribution >= 0.6 is 11.6 Å². The Kier molecular flexibility index (Phi) is 8.69. The van der Waals surface area contributed by atoms with Gasteiger partial charge in [0.15, 0.2) is 0 Å². The molecule has 0 spiro atoms. The molecule has 4 aromatic rings. The van der Waals surface area contributed by atoms with Gasteiger partial charge in [-0.25, -0.2) is 8.42 Å². The van der Waals surface area contributed by atoms with Gasteiger partial charge in [0.1, 0.15) is 0 Å². The number of anilines is 2. The summed E-state index contributed by atoms with van der Waals surface area (Å²) in [5.74, 6) is -0.745. The van der Waals surface area contributed by atoms with Crippen LogP contribution in [0.25, 0.3) is 0 Å². The fourth-order valence-electron chi connectivity index (χ4n) is 4.02. The van der Waals surface area contributed by atoms with E-state index in [1.54, 1.807) is 72.8 Å². The summed E-state index contributed by atoms with van der Waals surface area (Å²) in [6.45, 7) is 2.01. The van der Waals surface area contributed by atoms with Crippen LogP contribution in [0.5, 0.6) is 0 Å². The second kappa shape index (κ2) is 12.1. The molecule has 2 amide bonds. The number of halogens is 1. The first-order chi connectivity index (χ1) is 18.6. The number of para-hydroxylation sites is 1. The molecule has 0 saturated carbocycles. The third-order valence-electron chi connectivity index (χ3n) is 6.12. The van der Waals surface area contributed by atoms with E-state index < -0.39 is 15.9 Å². The Bertz CT molecular complexity index is 1560. The minimum atomic E-state index is -3.60. The lowest BCUT2D eigenvalue weighted by molar-refractivity contribution is 0.0940. The number of hydrogen-bond donors (Lipinski definition) is 2. The Labute approximate surface area is 233 Å². The zero-order valence-corrected chi connectivity index (χ0v) is 23.0. The monoisotopic (exact) mass is 561 g/mol. The molecule has 9 heteroatoms. The van der Waals surface area contributed by atoms with Crippen LogP contribution in [0.3, 0.4) is 0 Å². The van der Waals surface area contributed by atoms with E-state index in [-0.39, 0.29) is 18.5 Å². The highest BCUT2D eigenvalue weighted by molar-refractivity contribution is 7.92. The van der Waals surface area contributed by atoms with E-state index in [0.29, 0.717) is 27.5 Å². The highest BCUT2D eigenvalue weighted by atomic mass is 35.5. The summed E-state index contributed by atoms with van der Waals surface area (Å²) >= 11 is 5.94. The highest BCUT2D eigenvalue weighted by Crippen LogP contribution is 2.23. The molecule has 0 bridgehead atoms. The third-order valence-corrected chi connectivity index (χ3v) is 7.52. The van der Waals surface area contributed by atoms with Crippen LogP contribution < -0.4 is 14.9 Å². The van der Waals surface area contributed by atoms with Crippen molar-refractivity contribution in [3.8, 4) is 0 Å². The molecule has 0 unspecified atom stereocenters. The first-order valence-electron chi connectivity index (χ1n) is 12.2. The maximum Gasteiger partial charge on any atom is 0.255 e. The number of nitrogens with one attached hydrogen (secondary N) is 2. The van der Waals surface area contributed by atoms with Crippen molar-refractivity contribution < 1.29 is 18.0 Å². The fourth-order valence-corrected chi connectivity index (χ4v) is 5.03. The fraction of sp³-hybridized carbons (Fsp3) is 0.133. The molecule has 200 valence electrons. The number of carbonyl (C=O) groups is 2. The van der Waals surface area contributed by atoms with Gasteiger partial charge < -0.3 is 10.6 Å². The van der Waals surface area contributed by atoms with Crippen molar-refractivity contribution >= 4 is 44.8 Å². The van der Waals surface area contributed by atoms with E-state index in [1.807, 2.05) is 37.3 Å². The molecule has 0 radical (unpaired) electrons. The average Bonchev–Trinajstić information content (AvgIpc) is 2.93. The summed E-state index contributed by atoms with van der Waals surface area (Å²) in [6, 6.07) is 29.3. The van der Waals surface area contributed by atoms with Crippen LogP contribution in [0, 0.1) is 0 Å². The lowest BCUT2D eigenvalue weighted by Gasteiger charge is -2.23. The molecule has 0 aliphatic carbocycles. The van der Waals surface area contributed by atoms with Crippen molar-refractivity contribution in [3.63, 3.8) is 0 Å². The van der Waals surface area contributed by atoms with E-state index >= 15 is 0 Å². The molecule has 0 fully saturated rings. The van der Waals surface area contributed by atoms with Crippen LogP contribution in [0.4, 0.5) is 11.4 Å². The van der Waals surface area contributed by atoms with Crippen LogP contribution in [-0.2, 0) is 16.6 Å². The first-order valence-corrected chi connectivity index (χ1v) is 14.4. The minimum absolute atomic E-state index is 0.117. The molecule has 2 N–H and O–H groups in total. The van der Waals surface area contributed by atoms with E-state index in [9.17, 15) is 18.0 Å². The summed E-state index contributed by atoms with van der Waals surface area (Å²) in [5, 5.41) is 6.32. The van der Waals surface area contributed by atoms with Crippen LogP contribution in [0.1, 0.15) is 44.8 Å². The van der Waals surface area contributed by atoms with E-state index in [2.05, 4.69) is 10.6 Å². The molecule has 0 aromatic heterocycles. The smallest absolute Gasteiger partial charge is 0.255 e. The van der Waals surface area contributed by atoms with Gasteiger partial charge in [-0.2, -0.15) is 0 Å². The second-order valence-corrected chi connectivity index (χ2v) is 11.4. The van der Waals surface area contributed by atoms with Crippen molar-refractivity contribution in [1.82, 2.24) is 5.32 Å². The maximum atomic E-state index is 13.0. The number of amides is 2. The van der Waals surface area contributed by atoms with Crippen LogP contribution in [0.2, 0.25) is 5.02 Å². The van der Waals surface area contributed by atoms with Gasteiger partial charge in [-0.1, -0.05) is 66.2 Å². The van der Waals surface area contributed by atoms with Gasteiger partial charge in [-0.05, 0) is 66.6 Å². The molecule has 0 aliphatic rings. The molecule has 0 saturated heterocycles. The number of carbonyl (C=O) groups excluding carboxylic acids is 2. The third kappa shape index (κ3) is 7.25. The first kappa shape index (κ1) is 27.9. The topological polar surface area (TPSA) is 95.6 Å². The van der Waals surface area contributed by atoms with Gasteiger partial charge >= 0.3 is 0 Å². The molecule has 1 atom stereocenters. The standard InChI is InChI=1S/C30H28ClN3O4S/c1-21(23-8-4-3-5-9-23)32-30(36)27-10-6-7-11-28(27)33-29(35)24-14-18-26(19-15-24)34(39(2,37)38)20-22-12-16-25(31)17-13-22/h3-19,21H,20H2,1-2H3,(H,32,36)(H,33,35)/t21-/m1/s1. The van der Waals surface area contributed by atoms with Crippen molar-refractivity contribution in [3.05, 3.63) is 130 Å². The zero-order chi connectivity index (χ0) is 28.0. The SMILES string of the molecule is C[C@@H](NC(=O)c1ccccc1NC(=O)c1ccc(N(Cc2ccc(Cl)cc2)S(C)(=O)=O)cc1)c1ccccc1. The number of hydrogen-bond acceptors (Lipinski definition) is 4. The number of sulfonamides is 1. The summed E-state index contributed by atoms with van der Waals surface area (Å²) in [5.41, 5.74) is 3.15. The molecule has 4 aromatic carbocycles. The largest absolute Gasteiger partial charge is 0.345 e. The van der Waals surface area contributed by atoms with Crippen molar-refractivity contribution in [2.75, 3.05) is 15.9 Å². The van der Waals surface area contributed by atoms with Gasteiger partial charge in [0.2, 0.25) is 10.0 Å². The molecule has 7 nitrogen and oxygen atoms in total. The molecule has 0 heterocycles. The van der Waals surface area contributed by atoms with Crippen LogP contribution in [-0.4, -0.2) is 26.5 Å². The summed E-state index contributed by atoms with van der Waals surface area (Å²) in [7, 11) is -3.60. The minimum Gasteiger partial charge on any atom is -0.345 e. The quantitative estimate of drug-likeness (QED) is 0.260. The van der Waals surface area contributed by atoms with Gasteiger partial charge in [0, 0.05) is 10.6 Å². The van der Waals surface area contributed by atoms with E-state index in [0.717, 1.165) is 17.4 Å². The Hall–Kier alpha value is -4.14. The van der Waals surface area contributed by atoms with Crippen molar-refractivity contribution in [2.45, 2.75) is 19.5 Å². The molecular weight excluding hydrogens is 534 g/mol. The van der Waals surface area contributed by atoms with Gasteiger partial charge in [-0.3, -0.25) is 13.9 Å². The number of rotatable bonds is 9. The van der Waals surface area contributed by atoms with Crippen molar-refractivity contribution in [2.24, 2.45) is 0 Å².